The molecule has 96 valence electrons. The lowest BCUT2D eigenvalue weighted by atomic mass is 9.77. The summed E-state index contributed by atoms with van der Waals surface area (Å²) in [5.74, 6) is 0.644. The summed E-state index contributed by atoms with van der Waals surface area (Å²) in [5.41, 5.74) is -0.0682. The van der Waals surface area contributed by atoms with Gasteiger partial charge < -0.3 is 5.11 Å². The minimum absolute atomic E-state index is 0.586. The Bertz CT molecular complexity index is 383. The van der Waals surface area contributed by atoms with Gasteiger partial charge in [0, 0.05) is 6.54 Å². The molecule has 0 bridgehead atoms. The molecule has 4 heteroatoms. The van der Waals surface area contributed by atoms with E-state index in [4.69, 9.17) is 11.6 Å². The second kappa shape index (κ2) is 4.99. The first-order chi connectivity index (χ1) is 8.04. The van der Waals surface area contributed by atoms with Gasteiger partial charge in [-0.3, -0.25) is 4.68 Å². The first-order valence-corrected chi connectivity index (χ1v) is 6.86. The zero-order chi connectivity index (χ0) is 12.5. The maximum Gasteiger partial charge on any atom is 0.105 e. The largest absolute Gasteiger partial charge is 0.384 e. The molecular weight excluding hydrogens is 236 g/mol. The predicted octanol–water partition coefficient (Wildman–Crippen LogP) is 3.34. The molecular formula is C13H21ClN2O. The number of hydrogen-bond acceptors (Lipinski definition) is 2. The van der Waals surface area contributed by atoms with Crippen LogP contribution in [0.4, 0.5) is 0 Å². The number of rotatable bonds is 5. The van der Waals surface area contributed by atoms with Crippen LogP contribution in [0.5, 0.6) is 0 Å². The lowest BCUT2D eigenvalue weighted by Gasteiger charge is -2.34. The molecule has 0 aliphatic heterocycles. The molecule has 1 aliphatic rings. The number of halogens is 1. The highest BCUT2D eigenvalue weighted by atomic mass is 35.5. The summed E-state index contributed by atoms with van der Waals surface area (Å²) in [4.78, 5) is 0. The van der Waals surface area contributed by atoms with Gasteiger partial charge in [-0.2, -0.15) is 5.10 Å². The Labute approximate surface area is 108 Å². The number of hydrogen-bond donors (Lipinski definition) is 1. The summed E-state index contributed by atoms with van der Waals surface area (Å²) in [6, 6.07) is 0. The lowest BCUT2D eigenvalue weighted by molar-refractivity contribution is 0.00824. The summed E-state index contributed by atoms with van der Waals surface area (Å²) in [6.45, 7) is 4.77. The summed E-state index contributed by atoms with van der Waals surface area (Å²) in [7, 11) is 0. The molecule has 1 aliphatic carbocycles. The van der Waals surface area contributed by atoms with Crippen molar-refractivity contribution in [1.29, 1.82) is 0 Å². The number of aliphatic hydroxyl groups is 1. The SMILES string of the molecule is CCCn1ncc(Cl)c1C(C)(O)CC1CCC1. The fraction of sp³-hybridized carbons (Fsp3) is 0.769. The standard InChI is InChI=1S/C13H21ClN2O/c1-3-7-16-12(11(14)9-15-16)13(2,17)8-10-5-4-6-10/h9-10,17H,3-8H2,1-2H3. The van der Waals surface area contributed by atoms with Crippen LogP contribution in [0.25, 0.3) is 0 Å². The summed E-state index contributed by atoms with van der Waals surface area (Å²) in [6.07, 6.45) is 7.18. The fourth-order valence-electron chi connectivity index (χ4n) is 2.63. The van der Waals surface area contributed by atoms with Gasteiger partial charge in [-0.1, -0.05) is 37.8 Å². The van der Waals surface area contributed by atoms with Crippen LogP contribution in [0.3, 0.4) is 0 Å². The number of aromatic nitrogens is 2. The van der Waals surface area contributed by atoms with Gasteiger partial charge >= 0.3 is 0 Å². The van der Waals surface area contributed by atoms with E-state index in [-0.39, 0.29) is 0 Å². The molecule has 3 nitrogen and oxygen atoms in total. The van der Waals surface area contributed by atoms with Crippen LogP contribution in [-0.4, -0.2) is 14.9 Å². The van der Waals surface area contributed by atoms with Gasteiger partial charge in [0.1, 0.15) is 5.60 Å². The Balaban J connectivity index is 2.20. The van der Waals surface area contributed by atoms with Crippen LogP contribution in [0.2, 0.25) is 5.02 Å². The van der Waals surface area contributed by atoms with Crippen LogP contribution in [0, 0.1) is 5.92 Å². The van der Waals surface area contributed by atoms with Crippen molar-refractivity contribution in [2.45, 2.75) is 58.1 Å². The van der Waals surface area contributed by atoms with E-state index < -0.39 is 5.60 Å². The van der Waals surface area contributed by atoms with Crippen molar-refractivity contribution < 1.29 is 5.11 Å². The van der Waals surface area contributed by atoms with Gasteiger partial charge in [-0.05, 0) is 25.7 Å². The van der Waals surface area contributed by atoms with E-state index in [2.05, 4.69) is 12.0 Å². The molecule has 1 aromatic rings. The molecule has 1 N–H and O–H groups in total. The zero-order valence-corrected chi connectivity index (χ0v) is 11.4. The number of nitrogens with zero attached hydrogens (tertiary/aromatic N) is 2. The van der Waals surface area contributed by atoms with Gasteiger partial charge in [0.2, 0.25) is 0 Å². The third-order valence-corrected chi connectivity index (χ3v) is 3.93. The molecule has 17 heavy (non-hydrogen) atoms. The summed E-state index contributed by atoms with van der Waals surface area (Å²) in [5, 5.41) is 15.5. The minimum Gasteiger partial charge on any atom is -0.384 e. The van der Waals surface area contributed by atoms with E-state index in [0.29, 0.717) is 10.9 Å². The normalized spacial score (nSPS) is 20.0. The van der Waals surface area contributed by atoms with Crippen LogP contribution in [-0.2, 0) is 12.1 Å². The average molecular weight is 257 g/mol. The Hall–Kier alpha value is -0.540. The maximum absolute atomic E-state index is 10.7. The highest BCUT2D eigenvalue weighted by Crippen LogP contribution is 2.39. The molecule has 0 aromatic carbocycles. The molecule has 0 radical (unpaired) electrons. The van der Waals surface area contributed by atoms with Crippen LogP contribution in [0.1, 0.15) is 51.6 Å². The van der Waals surface area contributed by atoms with E-state index in [1.807, 2.05) is 11.6 Å². The van der Waals surface area contributed by atoms with Crippen LogP contribution < -0.4 is 0 Å². The van der Waals surface area contributed by atoms with E-state index in [0.717, 1.165) is 25.1 Å². The molecule has 1 atom stereocenters. The van der Waals surface area contributed by atoms with Crippen molar-refractivity contribution in [2.24, 2.45) is 5.92 Å². The topological polar surface area (TPSA) is 38.0 Å². The van der Waals surface area contributed by atoms with E-state index >= 15 is 0 Å². The van der Waals surface area contributed by atoms with E-state index in [1.54, 1.807) is 6.20 Å². The lowest BCUT2D eigenvalue weighted by Crippen LogP contribution is -2.31. The first kappa shape index (κ1) is 12.9. The van der Waals surface area contributed by atoms with Gasteiger partial charge in [0.05, 0.1) is 16.9 Å². The summed E-state index contributed by atoms with van der Waals surface area (Å²) >= 11 is 6.17. The second-order valence-electron chi connectivity index (χ2n) is 5.34. The monoisotopic (exact) mass is 256 g/mol. The molecule has 2 rings (SSSR count). The van der Waals surface area contributed by atoms with Crippen molar-refractivity contribution in [3.05, 3.63) is 16.9 Å². The van der Waals surface area contributed by atoms with Crippen molar-refractivity contribution in [1.82, 2.24) is 9.78 Å². The average Bonchev–Trinajstić information content (AvgIpc) is 2.55. The predicted molar refractivity (Wildman–Crippen MR) is 69.1 cm³/mol. The van der Waals surface area contributed by atoms with Gasteiger partial charge in [-0.15, -0.1) is 0 Å². The molecule has 1 saturated carbocycles. The van der Waals surface area contributed by atoms with Crippen molar-refractivity contribution in [3.8, 4) is 0 Å². The molecule has 0 amide bonds. The Kier molecular flexibility index (Phi) is 3.79. The number of aryl methyl sites for hydroxylation is 1. The highest BCUT2D eigenvalue weighted by Gasteiger charge is 2.34. The Morgan fingerprint density at radius 2 is 2.29 bits per heavy atom. The maximum atomic E-state index is 10.7. The van der Waals surface area contributed by atoms with E-state index in [1.165, 1.54) is 19.3 Å². The Morgan fingerprint density at radius 3 is 2.82 bits per heavy atom. The quantitative estimate of drug-likeness (QED) is 0.877. The molecule has 1 fully saturated rings. The molecule has 0 saturated heterocycles. The minimum atomic E-state index is -0.853. The first-order valence-electron chi connectivity index (χ1n) is 6.48. The third-order valence-electron chi connectivity index (χ3n) is 3.65. The molecule has 0 spiro atoms. The fourth-order valence-corrected chi connectivity index (χ4v) is 2.98. The smallest absolute Gasteiger partial charge is 0.105 e. The van der Waals surface area contributed by atoms with Crippen molar-refractivity contribution in [3.63, 3.8) is 0 Å². The van der Waals surface area contributed by atoms with Crippen molar-refractivity contribution in [2.75, 3.05) is 0 Å². The molecule has 1 aromatic heterocycles. The van der Waals surface area contributed by atoms with E-state index in [9.17, 15) is 5.11 Å². The van der Waals surface area contributed by atoms with Crippen LogP contribution in [0.15, 0.2) is 6.20 Å². The van der Waals surface area contributed by atoms with Crippen LogP contribution >= 0.6 is 11.6 Å². The molecule has 1 heterocycles. The van der Waals surface area contributed by atoms with Gasteiger partial charge in [0.15, 0.2) is 0 Å². The summed E-state index contributed by atoms with van der Waals surface area (Å²) < 4.78 is 1.85. The third kappa shape index (κ3) is 2.66. The van der Waals surface area contributed by atoms with Crippen molar-refractivity contribution >= 4 is 11.6 Å². The van der Waals surface area contributed by atoms with Gasteiger partial charge in [-0.25, -0.2) is 0 Å². The van der Waals surface area contributed by atoms with Gasteiger partial charge in [0.25, 0.3) is 0 Å². The Morgan fingerprint density at radius 1 is 1.59 bits per heavy atom. The molecule has 1 unspecified atom stereocenters. The highest BCUT2D eigenvalue weighted by molar-refractivity contribution is 6.31. The second-order valence-corrected chi connectivity index (χ2v) is 5.75. The zero-order valence-electron chi connectivity index (χ0n) is 10.6.